The van der Waals surface area contributed by atoms with Crippen molar-refractivity contribution < 1.29 is 29.0 Å². The zero-order chi connectivity index (χ0) is 32.8. The van der Waals surface area contributed by atoms with E-state index in [1.807, 2.05) is 13.8 Å². The Kier molecular flexibility index (Phi) is 12.8. The maximum atomic E-state index is 14.6. The highest BCUT2D eigenvalue weighted by atomic mass is 16.7. The number of aliphatic hydroxyl groups is 1. The third-order valence-corrected chi connectivity index (χ3v) is 11.2. The van der Waals surface area contributed by atoms with Crippen LogP contribution in [0.2, 0.25) is 0 Å². The molecule has 9 heteroatoms. The van der Waals surface area contributed by atoms with Crippen LogP contribution < -0.4 is 16.4 Å². The van der Waals surface area contributed by atoms with Gasteiger partial charge in [0.05, 0.1) is 19.4 Å². The molecule has 256 valence electrons. The lowest BCUT2D eigenvalue weighted by Gasteiger charge is -2.42. The van der Waals surface area contributed by atoms with Gasteiger partial charge in [0.1, 0.15) is 0 Å². The predicted molar refractivity (Wildman–Crippen MR) is 175 cm³/mol. The summed E-state index contributed by atoms with van der Waals surface area (Å²) < 4.78 is 12.3. The van der Waals surface area contributed by atoms with Crippen molar-refractivity contribution in [3.05, 3.63) is 11.1 Å². The standard InChI is InChI=1S/C36H61N3O6/c1-6-8-10-26(20-38-7-2)22-44-34(43)36-33(42)31-27(17-23(3)4)11-9-12-29(31)32(41)35(36,45-36)19-28(21-40)24(5)13-14-25-15-16-39-30(37)18-25/h23,25-27,29-31,38-40H,6-22,37H2,1-5H3/t25?,26-,27?,29?,30?,31?,35+,36+/m1/s1. The first kappa shape index (κ1) is 36.2. The Balaban J connectivity index is 1.61. The Morgan fingerprint density at radius 1 is 1.20 bits per heavy atom. The first-order valence-corrected chi connectivity index (χ1v) is 18.0. The van der Waals surface area contributed by atoms with Gasteiger partial charge in [-0.2, -0.15) is 0 Å². The summed E-state index contributed by atoms with van der Waals surface area (Å²) in [7, 11) is 0. The maximum Gasteiger partial charge on any atom is 0.350 e. The van der Waals surface area contributed by atoms with E-state index >= 15 is 0 Å². The quantitative estimate of drug-likeness (QED) is 0.0793. The molecule has 0 aromatic rings. The number of hydrogen-bond donors (Lipinski definition) is 4. The van der Waals surface area contributed by atoms with Crippen molar-refractivity contribution in [1.29, 1.82) is 0 Å². The van der Waals surface area contributed by atoms with E-state index in [1.54, 1.807) is 0 Å². The van der Waals surface area contributed by atoms with Crippen molar-refractivity contribution in [2.24, 2.45) is 41.2 Å². The molecule has 0 bridgehead atoms. The molecule has 45 heavy (non-hydrogen) atoms. The van der Waals surface area contributed by atoms with Gasteiger partial charge in [0.15, 0.2) is 17.2 Å². The van der Waals surface area contributed by atoms with E-state index in [0.717, 1.165) is 89.4 Å². The Bertz CT molecular complexity index is 1070. The van der Waals surface area contributed by atoms with Crippen LogP contribution in [0, 0.1) is 35.5 Å². The second kappa shape index (κ2) is 16.0. The van der Waals surface area contributed by atoms with E-state index in [4.69, 9.17) is 15.2 Å². The van der Waals surface area contributed by atoms with Crippen LogP contribution in [0.4, 0.5) is 0 Å². The SMILES string of the molecule is CCCC[C@H](CNCC)COC(=O)[C@]12O[C@@]1(CC(CO)=C(C)CCC1CCNC(N)C1)C(=O)C1CCCC(CC(C)C)C1C2=O. The molecule has 9 nitrogen and oxygen atoms in total. The van der Waals surface area contributed by atoms with Crippen molar-refractivity contribution in [1.82, 2.24) is 10.6 Å². The number of hydrogen-bond acceptors (Lipinski definition) is 9. The molecule has 4 rings (SSSR count). The minimum Gasteiger partial charge on any atom is -0.463 e. The van der Waals surface area contributed by atoms with Crippen LogP contribution in [0.1, 0.15) is 112 Å². The number of unbranched alkanes of at least 4 members (excludes halogenated alkanes) is 1. The van der Waals surface area contributed by atoms with Crippen LogP contribution in [0.3, 0.4) is 0 Å². The highest BCUT2D eigenvalue weighted by molar-refractivity contribution is 6.23. The molecule has 0 radical (unpaired) electrons. The Morgan fingerprint density at radius 3 is 2.64 bits per heavy atom. The second-order valence-corrected chi connectivity index (χ2v) is 14.9. The van der Waals surface area contributed by atoms with Crippen LogP contribution in [-0.2, 0) is 23.9 Å². The van der Waals surface area contributed by atoms with Crippen LogP contribution in [-0.4, -0.2) is 72.9 Å². The molecule has 2 aliphatic carbocycles. The molecular weight excluding hydrogens is 570 g/mol. The molecule has 4 fully saturated rings. The number of ketones is 2. The first-order chi connectivity index (χ1) is 21.5. The van der Waals surface area contributed by atoms with Gasteiger partial charge < -0.3 is 30.9 Å². The highest BCUT2D eigenvalue weighted by Gasteiger charge is 2.87. The number of carbonyl (C=O) groups excluding carboxylic acids is 3. The summed E-state index contributed by atoms with van der Waals surface area (Å²) in [4.78, 5) is 43.3. The molecule has 2 saturated heterocycles. The first-order valence-electron chi connectivity index (χ1n) is 18.0. The number of aliphatic hydroxyl groups excluding tert-OH is 1. The lowest BCUT2D eigenvalue weighted by Crippen LogP contribution is -2.60. The summed E-state index contributed by atoms with van der Waals surface area (Å²) in [6, 6.07) is 0. The number of esters is 1. The summed E-state index contributed by atoms with van der Waals surface area (Å²) in [5.74, 6) is -1.09. The minimum atomic E-state index is -1.92. The molecule has 0 aromatic carbocycles. The summed E-state index contributed by atoms with van der Waals surface area (Å²) in [5, 5.41) is 17.2. The minimum absolute atomic E-state index is 0.00360. The van der Waals surface area contributed by atoms with Crippen molar-refractivity contribution in [3.8, 4) is 0 Å². The molecule has 0 amide bonds. The number of piperidine rings is 1. The van der Waals surface area contributed by atoms with Gasteiger partial charge in [-0.1, -0.05) is 52.5 Å². The van der Waals surface area contributed by atoms with Gasteiger partial charge in [-0.3, -0.25) is 9.59 Å². The van der Waals surface area contributed by atoms with Gasteiger partial charge in [-0.05, 0) is 94.7 Å². The van der Waals surface area contributed by atoms with E-state index < -0.39 is 29.0 Å². The number of epoxide rings is 1. The lowest BCUT2D eigenvalue weighted by molar-refractivity contribution is -0.161. The zero-order valence-corrected chi connectivity index (χ0v) is 28.6. The van der Waals surface area contributed by atoms with E-state index in [2.05, 4.69) is 31.4 Å². The van der Waals surface area contributed by atoms with Crippen molar-refractivity contribution in [2.75, 3.05) is 32.8 Å². The maximum absolute atomic E-state index is 14.6. The molecule has 5 N–H and O–H groups in total. The molecule has 0 spiro atoms. The third-order valence-electron chi connectivity index (χ3n) is 11.2. The second-order valence-electron chi connectivity index (χ2n) is 14.9. The summed E-state index contributed by atoms with van der Waals surface area (Å²) in [6.45, 7) is 12.8. The summed E-state index contributed by atoms with van der Waals surface area (Å²) in [5.41, 5.74) is 4.28. The number of ether oxygens (including phenoxy) is 2. The van der Waals surface area contributed by atoms with E-state index in [9.17, 15) is 19.5 Å². The van der Waals surface area contributed by atoms with E-state index in [1.165, 1.54) is 0 Å². The zero-order valence-electron chi connectivity index (χ0n) is 28.6. The van der Waals surface area contributed by atoms with Gasteiger partial charge >= 0.3 is 5.97 Å². The van der Waals surface area contributed by atoms with Gasteiger partial charge in [0, 0.05) is 30.7 Å². The van der Waals surface area contributed by atoms with E-state index in [0.29, 0.717) is 23.8 Å². The van der Waals surface area contributed by atoms with Crippen LogP contribution >= 0.6 is 0 Å². The van der Waals surface area contributed by atoms with Crippen LogP contribution in [0.15, 0.2) is 11.1 Å². The average Bonchev–Trinajstić information content (AvgIpc) is 3.72. The van der Waals surface area contributed by atoms with E-state index in [-0.39, 0.29) is 49.2 Å². The topological polar surface area (TPSA) is 143 Å². The van der Waals surface area contributed by atoms with Gasteiger partial charge in [-0.25, -0.2) is 4.79 Å². The Morgan fingerprint density at radius 2 is 1.98 bits per heavy atom. The number of fused-ring (bicyclic) bond motifs is 2. The highest BCUT2D eigenvalue weighted by Crippen LogP contribution is 2.63. The Labute approximate surface area is 271 Å². The molecule has 2 aliphatic heterocycles. The third kappa shape index (κ3) is 7.75. The molecule has 2 heterocycles. The molecule has 2 saturated carbocycles. The van der Waals surface area contributed by atoms with Gasteiger partial charge in [-0.15, -0.1) is 0 Å². The Hall–Kier alpha value is -1.65. The smallest absolute Gasteiger partial charge is 0.350 e. The van der Waals surface area contributed by atoms with Crippen LogP contribution in [0.5, 0.6) is 0 Å². The summed E-state index contributed by atoms with van der Waals surface area (Å²) in [6.07, 6.45) is 9.90. The number of Topliss-reactive ketones (excluding diaryl/α,β-unsaturated/α-hetero) is 2. The number of rotatable bonds is 17. The molecule has 0 aromatic heterocycles. The molecule has 5 unspecified atom stereocenters. The average molecular weight is 632 g/mol. The fourth-order valence-electron chi connectivity index (χ4n) is 8.56. The predicted octanol–water partition coefficient (Wildman–Crippen LogP) is 4.45. The van der Waals surface area contributed by atoms with Crippen molar-refractivity contribution in [3.63, 3.8) is 0 Å². The normalized spacial score (nSPS) is 34.2. The lowest BCUT2D eigenvalue weighted by atomic mass is 9.56. The number of carbonyl (C=O) groups is 3. The van der Waals surface area contributed by atoms with Crippen molar-refractivity contribution >= 4 is 17.5 Å². The largest absolute Gasteiger partial charge is 0.463 e. The van der Waals surface area contributed by atoms with Gasteiger partial charge in [0.25, 0.3) is 5.60 Å². The van der Waals surface area contributed by atoms with Crippen LogP contribution in [0.25, 0.3) is 0 Å². The van der Waals surface area contributed by atoms with Gasteiger partial charge in [0.2, 0.25) is 0 Å². The molecule has 4 aliphatic rings. The molecule has 8 atom stereocenters. The molecular formula is C36H61N3O6. The number of nitrogens with two attached hydrogens (primary N) is 1. The number of allylic oxidation sites excluding steroid dienone is 1. The number of nitrogens with one attached hydrogen (secondary N) is 2. The fourth-order valence-corrected chi connectivity index (χ4v) is 8.56. The fraction of sp³-hybridized carbons (Fsp3) is 0.861. The summed E-state index contributed by atoms with van der Waals surface area (Å²) >= 11 is 0. The monoisotopic (exact) mass is 631 g/mol. The van der Waals surface area contributed by atoms with Crippen molar-refractivity contribution in [2.45, 2.75) is 129 Å².